The molecule has 0 aliphatic carbocycles. The fourth-order valence-electron chi connectivity index (χ4n) is 2.89. The van der Waals surface area contributed by atoms with Crippen molar-refractivity contribution in [2.45, 2.75) is 25.3 Å². The van der Waals surface area contributed by atoms with E-state index in [0.717, 1.165) is 48.5 Å². The van der Waals surface area contributed by atoms with Crippen LogP contribution in [0.2, 0.25) is 0 Å². The second-order valence-corrected chi connectivity index (χ2v) is 6.58. The molecule has 2 heterocycles. The Morgan fingerprint density at radius 1 is 1.35 bits per heavy atom. The number of halogens is 1. The van der Waals surface area contributed by atoms with Crippen LogP contribution in [0.15, 0.2) is 24.3 Å². The first-order valence-electron chi connectivity index (χ1n) is 7.20. The zero-order valence-electron chi connectivity index (χ0n) is 11.7. The molecule has 2 aromatic rings. The molecular formula is C16H20FNOS. The summed E-state index contributed by atoms with van der Waals surface area (Å²) in [7, 11) is 2.01. The molecule has 0 amide bonds. The second kappa shape index (κ2) is 6.20. The summed E-state index contributed by atoms with van der Waals surface area (Å²) in [6.45, 7) is 1.78. The minimum atomic E-state index is -0.156. The number of nitrogens with one attached hydrogen (secondary N) is 1. The Balaban J connectivity index is 1.79. The van der Waals surface area contributed by atoms with Gasteiger partial charge in [0.25, 0.3) is 0 Å². The quantitative estimate of drug-likeness (QED) is 0.915. The summed E-state index contributed by atoms with van der Waals surface area (Å²) < 4.78 is 19.7. The van der Waals surface area contributed by atoms with Crippen LogP contribution in [0, 0.1) is 11.7 Å². The SMILES string of the molecule is CNC(CC1CCOCC1)c1cc2ccc(F)cc2s1. The lowest BCUT2D eigenvalue weighted by molar-refractivity contribution is 0.0609. The van der Waals surface area contributed by atoms with Crippen molar-refractivity contribution >= 4 is 21.4 Å². The molecule has 1 aliphatic heterocycles. The van der Waals surface area contributed by atoms with Crippen LogP contribution in [-0.2, 0) is 4.74 Å². The monoisotopic (exact) mass is 293 g/mol. The first kappa shape index (κ1) is 14.0. The highest BCUT2D eigenvalue weighted by atomic mass is 32.1. The van der Waals surface area contributed by atoms with Crippen LogP contribution in [0.3, 0.4) is 0 Å². The molecule has 1 fully saturated rings. The molecule has 108 valence electrons. The van der Waals surface area contributed by atoms with Crippen molar-refractivity contribution in [1.82, 2.24) is 5.32 Å². The van der Waals surface area contributed by atoms with Gasteiger partial charge >= 0.3 is 0 Å². The van der Waals surface area contributed by atoms with Crippen molar-refractivity contribution < 1.29 is 9.13 Å². The average Bonchev–Trinajstić information content (AvgIpc) is 2.88. The van der Waals surface area contributed by atoms with Crippen LogP contribution in [0.4, 0.5) is 4.39 Å². The van der Waals surface area contributed by atoms with Gasteiger partial charge in [-0.3, -0.25) is 0 Å². The summed E-state index contributed by atoms with van der Waals surface area (Å²) in [5.74, 6) is 0.569. The Kier molecular flexibility index (Phi) is 4.34. The third-order valence-electron chi connectivity index (χ3n) is 4.10. The van der Waals surface area contributed by atoms with E-state index in [4.69, 9.17) is 4.74 Å². The van der Waals surface area contributed by atoms with Gasteiger partial charge in [0, 0.05) is 28.8 Å². The zero-order chi connectivity index (χ0) is 13.9. The van der Waals surface area contributed by atoms with Crippen LogP contribution in [0.5, 0.6) is 0 Å². The molecule has 1 aromatic heterocycles. The van der Waals surface area contributed by atoms with Gasteiger partial charge in [-0.15, -0.1) is 11.3 Å². The maximum Gasteiger partial charge on any atom is 0.124 e. The van der Waals surface area contributed by atoms with Crippen LogP contribution >= 0.6 is 11.3 Å². The van der Waals surface area contributed by atoms with Gasteiger partial charge < -0.3 is 10.1 Å². The molecule has 1 aliphatic rings. The molecule has 1 unspecified atom stereocenters. The molecule has 0 radical (unpaired) electrons. The fourth-order valence-corrected chi connectivity index (χ4v) is 4.10. The Hall–Kier alpha value is -0.970. The van der Waals surface area contributed by atoms with Gasteiger partial charge in [-0.25, -0.2) is 4.39 Å². The molecule has 3 rings (SSSR count). The van der Waals surface area contributed by atoms with Crippen molar-refractivity contribution in [3.05, 3.63) is 35.0 Å². The average molecular weight is 293 g/mol. The Morgan fingerprint density at radius 2 is 2.15 bits per heavy atom. The lowest BCUT2D eigenvalue weighted by Gasteiger charge is -2.26. The summed E-state index contributed by atoms with van der Waals surface area (Å²) >= 11 is 1.70. The molecule has 1 atom stereocenters. The Labute approximate surface area is 122 Å². The molecule has 1 N–H and O–H groups in total. The number of thiophene rings is 1. The fraction of sp³-hybridized carbons (Fsp3) is 0.500. The van der Waals surface area contributed by atoms with Crippen LogP contribution in [-0.4, -0.2) is 20.3 Å². The Morgan fingerprint density at radius 3 is 2.90 bits per heavy atom. The van der Waals surface area contributed by atoms with Crippen molar-refractivity contribution in [1.29, 1.82) is 0 Å². The standard InChI is InChI=1S/C16H20FNOS/c1-18-14(8-11-4-6-19-7-5-11)16-9-12-2-3-13(17)10-15(12)20-16/h2-3,9-11,14,18H,4-8H2,1H3. The van der Waals surface area contributed by atoms with Crippen LogP contribution in [0.25, 0.3) is 10.1 Å². The van der Waals surface area contributed by atoms with Crippen molar-refractivity contribution in [2.24, 2.45) is 5.92 Å². The molecule has 1 saturated heterocycles. The van der Waals surface area contributed by atoms with E-state index in [1.54, 1.807) is 17.4 Å². The number of fused-ring (bicyclic) bond motifs is 1. The van der Waals surface area contributed by atoms with E-state index >= 15 is 0 Å². The van der Waals surface area contributed by atoms with Gasteiger partial charge in [0.1, 0.15) is 5.82 Å². The number of hydrogen-bond acceptors (Lipinski definition) is 3. The van der Waals surface area contributed by atoms with Gasteiger partial charge in [-0.1, -0.05) is 6.07 Å². The van der Waals surface area contributed by atoms with E-state index in [1.165, 1.54) is 10.9 Å². The van der Waals surface area contributed by atoms with Gasteiger partial charge in [0.2, 0.25) is 0 Å². The van der Waals surface area contributed by atoms with Crippen LogP contribution in [0.1, 0.15) is 30.2 Å². The van der Waals surface area contributed by atoms with E-state index in [-0.39, 0.29) is 5.82 Å². The highest BCUT2D eigenvalue weighted by Gasteiger charge is 2.21. The highest BCUT2D eigenvalue weighted by molar-refractivity contribution is 7.19. The maximum absolute atomic E-state index is 13.3. The summed E-state index contributed by atoms with van der Waals surface area (Å²) in [6, 6.07) is 7.58. The van der Waals surface area contributed by atoms with Gasteiger partial charge in [0.05, 0.1) is 0 Å². The predicted octanol–water partition coefficient (Wildman–Crippen LogP) is 4.12. The van der Waals surface area contributed by atoms with Gasteiger partial charge in [-0.2, -0.15) is 0 Å². The topological polar surface area (TPSA) is 21.3 Å². The molecule has 0 spiro atoms. The maximum atomic E-state index is 13.3. The predicted molar refractivity (Wildman–Crippen MR) is 81.7 cm³/mol. The van der Waals surface area contributed by atoms with E-state index < -0.39 is 0 Å². The number of rotatable bonds is 4. The highest BCUT2D eigenvalue weighted by Crippen LogP contribution is 2.34. The molecule has 0 bridgehead atoms. The number of ether oxygens (including phenoxy) is 1. The minimum absolute atomic E-state index is 0.156. The summed E-state index contributed by atoms with van der Waals surface area (Å²) in [4.78, 5) is 1.31. The molecule has 0 saturated carbocycles. The van der Waals surface area contributed by atoms with E-state index in [2.05, 4.69) is 11.4 Å². The van der Waals surface area contributed by atoms with Gasteiger partial charge in [-0.05, 0) is 55.8 Å². The third-order valence-corrected chi connectivity index (χ3v) is 5.31. The van der Waals surface area contributed by atoms with E-state index in [0.29, 0.717) is 6.04 Å². The Bertz CT molecular complexity index is 577. The van der Waals surface area contributed by atoms with Crippen LogP contribution < -0.4 is 5.32 Å². The van der Waals surface area contributed by atoms with E-state index in [1.807, 2.05) is 13.1 Å². The van der Waals surface area contributed by atoms with E-state index in [9.17, 15) is 4.39 Å². The smallest absolute Gasteiger partial charge is 0.124 e. The molecular weight excluding hydrogens is 273 g/mol. The zero-order valence-corrected chi connectivity index (χ0v) is 12.5. The largest absolute Gasteiger partial charge is 0.381 e. The molecule has 1 aromatic carbocycles. The molecule has 20 heavy (non-hydrogen) atoms. The summed E-state index contributed by atoms with van der Waals surface area (Å²) in [5, 5.41) is 4.55. The molecule has 2 nitrogen and oxygen atoms in total. The third kappa shape index (κ3) is 3.03. The lowest BCUT2D eigenvalue weighted by Crippen LogP contribution is -2.23. The normalized spacial score (nSPS) is 18.5. The first-order valence-corrected chi connectivity index (χ1v) is 8.02. The van der Waals surface area contributed by atoms with Crippen molar-refractivity contribution in [2.75, 3.05) is 20.3 Å². The van der Waals surface area contributed by atoms with Gasteiger partial charge in [0.15, 0.2) is 0 Å². The lowest BCUT2D eigenvalue weighted by atomic mass is 9.92. The minimum Gasteiger partial charge on any atom is -0.381 e. The second-order valence-electron chi connectivity index (χ2n) is 5.46. The van der Waals surface area contributed by atoms with Crippen molar-refractivity contribution in [3.8, 4) is 0 Å². The number of benzene rings is 1. The van der Waals surface area contributed by atoms with Crippen molar-refractivity contribution in [3.63, 3.8) is 0 Å². The molecule has 4 heteroatoms. The first-order chi connectivity index (χ1) is 9.76. The number of hydrogen-bond donors (Lipinski definition) is 1. The summed E-state index contributed by atoms with van der Waals surface area (Å²) in [5.41, 5.74) is 0. The summed E-state index contributed by atoms with van der Waals surface area (Å²) in [6.07, 6.45) is 3.44.